The van der Waals surface area contributed by atoms with Crippen LogP contribution in [0.5, 0.6) is 11.5 Å². The molecule has 1 heterocycles. The van der Waals surface area contributed by atoms with Crippen LogP contribution in [0.3, 0.4) is 0 Å². The van der Waals surface area contributed by atoms with E-state index < -0.39 is 0 Å². The average Bonchev–Trinajstić information content (AvgIpc) is 3.01. The first-order valence-corrected chi connectivity index (χ1v) is 8.50. The largest absolute Gasteiger partial charge is 0.496 e. The van der Waals surface area contributed by atoms with Crippen LogP contribution in [0.1, 0.15) is 36.0 Å². The summed E-state index contributed by atoms with van der Waals surface area (Å²) in [4.78, 5) is 25.7. The fourth-order valence-corrected chi connectivity index (χ4v) is 3.39. The molecule has 1 aromatic carbocycles. The number of methoxy groups -OCH3 is 2. The van der Waals surface area contributed by atoms with Gasteiger partial charge in [-0.1, -0.05) is 18.0 Å². The van der Waals surface area contributed by atoms with Crippen molar-refractivity contribution >= 4 is 23.4 Å². The molecule has 1 saturated heterocycles. The first-order valence-electron chi connectivity index (χ1n) is 8.12. The minimum atomic E-state index is -0.323. The average molecular weight is 353 g/mol. The van der Waals surface area contributed by atoms with Crippen molar-refractivity contribution in [1.29, 1.82) is 0 Å². The second-order valence-corrected chi connectivity index (χ2v) is 6.44. The van der Waals surface area contributed by atoms with Gasteiger partial charge in [0, 0.05) is 19.0 Å². The molecule has 1 aliphatic heterocycles. The van der Waals surface area contributed by atoms with Crippen LogP contribution in [0.25, 0.3) is 0 Å². The molecule has 0 unspecified atom stereocenters. The quantitative estimate of drug-likeness (QED) is 0.836. The van der Waals surface area contributed by atoms with Gasteiger partial charge in [0.25, 0.3) is 5.91 Å². The summed E-state index contributed by atoms with van der Waals surface area (Å²) in [6.45, 7) is 1.06. The van der Waals surface area contributed by atoms with Crippen molar-refractivity contribution in [2.45, 2.75) is 25.7 Å². The summed E-state index contributed by atoms with van der Waals surface area (Å²) in [5.74, 6) is 0.401. The van der Waals surface area contributed by atoms with Crippen molar-refractivity contribution in [2.75, 3.05) is 27.3 Å². The lowest BCUT2D eigenvalue weighted by atomic mass is 9.84. The summed E-state index contributed by atoms with van der Waals surface area (Å²) in [6.07, 6.45) is 3.64. The van der Waals surface area contributed by atoms with Crippen LogP contribution >= 0.6 is 11.6 Å². The molecule has 2 amide bonds. The predicted molar refractivity (Wildman–Crippen MR) is 89.3 cm³/mol. The molecule has 130 valence electrons. The van der Waals surface area contributed by atoms with Crippen LogP contribution in [-0.4, -0.2) is 49.1 Å². The molecule has 2 fully saturated rings. The maximum Gasteiger partial charge on any atom is 0.280 e. The van der Waals surface area contributed by atoms with E-state index in [0.29, 0.717) is 23.9 Å². The third-order valence-corrected chi connectivity index (χ3v) is 4.98. The zero-order valence-corrected chi connectivity index (χ0v) is 14.6. The number of hydrogen-bond donors (Lipinski definition) is 0. The van der Waals surface area contributed by atoms with E-state index in [4.69, 9.17) is 21.1 Å². The number of benzene rings is 1. The van der Waals surface area contributed by atoms with E-state index in [1.807, 2.05) is 0 Å². The van der Waals surface area contributed by atoms with Crippen molar-refractivity contribution in [1.82, 2.24) is 10.0 Å². The Bertz CT molecular complexity index is 660. The molecule has 0 bridgehead atoms. The van der Waals surface area contributed by atoms with Gasteiger partial charge in [0.1, 0.15) is 11.3 Å². The number of ether oxygens (including phenoxy) is 2. The van der Waals surface area contributed by atoms with Crippen molar-refractivity contribution in [3.8, 4) is 11.5 Å². The van der Waals surface area contributed by atoms with Crippen LogP contribution in [0.4, 0.5) is 0 Å². The topological polar surface area (TPSA) is 59.1 Å². The van der Waals surface area contributed by atoms with Gasteiger partial charge in [-0.25, -0.2) is 5.01 Å². The molecule has 7 heteroatoms. The molecule has 0 spiro atoms. The highest BCUT2D eigenvalue weighted by atomic mass is 35.5. The van der Waals surface area contributed by atoms with E-state index in [1.165, 1.54) is 19.2 Å². The molecule has 1 aromatic rings. The number of hydrazine groups is 1. The second kappa shape index (κ2) is 6.89. The molecule has 3 rings (SSSR count). The summed E-state index contributed by atoms with van der Waals surface area (Å²) in [5, 5.41) is 3.40. The minimum Gasteiger partial charge on any atom is -0.496 e. The van der Waals surface area contributed by atoms with Crippen LogP contribution < -0.4 is 9.47 Å². The van der Waals surface area contributed by atoms with Crippen LogP contribution in [0, 0.1) is 5.92 Å². The van der Waals surface area contributed by atoms with E-state index in [0.717, 1.165) is 25.7 Å². The van der Waals surface area contributed by atoms with Crippen LogP contribution in [0.2, 0.25) is 5.02 Å². The van der Waals surface area contributed by atoms with E-state index in [1.54, 1.807) is 17.1 Å². The number of halogens is 1. The van der Waals surface area contributed by atoms with Gasteiger partial charge in [0.2, 0.25) is 5.91 Å². The van der Waals surface area contributed by atoms with Crippen LogP contribution in [0.15, 0.2) is 12.1 Å². The molecule has 2 aliphatic rings. The smallest absolute Gasteiger partial charge is 0.280 e. The van der Waals surface area contributed by atoms with Crippen LogP contribution in [-0.2, 0) is 4.79 Å². The Labute approximate surface area is 146 Å². The van der Waals surface area contributed by atoms with Crippen molar-refractivity contribution in [3.05, 3.63) is 22.7 Å². The highest BCUT2D eigenvalue weighted by Crippen LogP contribution is 2.37. The first-order chi connectivity index (χ1) is 11.6. The standard InChI is InChI=1S/C17H21ClN2O4/c1-23-13-8-7-12(18)15(24-2)14(13)17(22)20-10-4-9-19(20)16(21)11-5-3-6-11/h7-8,11H,3-6,9-10H2,1-2H3. The van der Waals surface area contributed by atoms with Gasteiger partial charge in [0.15, 0.2) is 5.75 Å². The number of nitrogens with zero attached hydrogens (tertiary/aromatic N) is 2. The summed E-state index contributed by atoms with van der Waals surface area (Å²) >= 11 is 6.16. The molecule has 6 nitrogen and oxygen atoms in total. The maximum absolute atomic E-state index is 13.1. The van der Waals surface area contributed by atoms with Gasteiger partial charge < -0.3 is 9.47 Å². The predicted octanol–water partition coefficient (Wildman–Crippen LogP) is 2.75. The maximum atomic E-state index is 13.1. The van der Waals surface area contributed by atoms with Gasteiger partial charge in [-0.05, 0) is 31.4 Å². The van der Waals surface area contributed by atoms with Gasteiger partial charge in [0.05, 0.1) is 19.2 Å². The highest BCUT2D eigenvalue weighted by molar-refractivity contribution is 6.32. The highest BCUT2D eigenvalue weighted by Gasteiger charge is 2.38. The molecule has 1 aliphatic carbocycles. The monoisotopic (exact) mass is 352 g/mol. The SMILES string of the molecule is COc1ccc(Cl)c(OC)c1C(=O)N1CCCN1C(=O)C1CCC1. The summed E-state index contributed by atoms with van der Waals surface area (Å²) in [6, 6.07) is 3.25. The Kier molecular flexibility index (Phi) is 4.85. The molecule has 0 N–H and O–H groups in total. The summed E-state index contributed by atoms with van der Waals surface area (Å²) in [7, 11) is 2.94. The Morgan fingerprint density at radius 3 is 2.38 bits per heavy atom. The lowest BCUT2D eigenvalue weighted by molar-refractivity contribution is -0.147. The van der Waals surface area contributed by atoms with Crippen molar-refractivity contribution < 1.29 is 19.1 Å². The second-order valence-electron chi connectivity index (χ2n) is 6.03. The van der Waals surface area contributed by atoms with Gasteiger partial charge in [-0.2, -0.15) is 0 Å². The number of amides is 2. The molecular weight excluding hydrogens is 332 g/mol. The molecular formula is C17H21ClN2O4. The van der Waals surface area contributed by atoms with Gasteiger partial charge in [-0.3, -0.25) is 14.6 Å². The summed E-state index contributed by atoms with van der Waals surface area (Å²) < 4.78 is 10.6. The van der Waals surface area contributed by atoms with E-state index >= 15 is 0 Å². The number of carbonyl (C=O) groups excluding carboxylic acids is 2. The van der Waals surface area contributed by atoms with E-state index in [-0.39, 0.29) is 29.0 Å². The third kappa shape index (κ3) is 2.79. The van der Waals surface area contributed by atoms with Gasteiger partial charge >= 0.3 is 0 Å². The first kappa shape index (κ1) is 16.9. The fourth-order valence-electron chi connectivity index (χ4n) is 3.16. The Balaban J connectivity index is 1.93. The Hall–Kier alpha value is -1.95. The van der Waals surface area contributed by atoms with E-state index in [9.17, 15) is 9.59 Å². The zero-order chi connectivity index (χ0) is 17.3. The number of carbonyl (C=O) groups is 2. The molecule has 1 saturated carbocycles. The Morgan fingerprint density at radius 2 is 1.79 bits per heavy atom. The number of rotatable bonds is 4. The lowest BCUT2D eigenvalue weighted by Gasteiger charge is -2.34. The number of hydrogen-bond acceptors (Lipinski definition) is 4. The third-order valence-electron chi connectivity index (χ3n) is 4.68. The lowest BCUT2D eigenvalue weighted by Crippen LogP contribution is -2.48. The zero-order valence-electron chi connectivity index (χ0n) is 13.9. The van der Waals surface area contributed by atoms with Gasteiger partial charge in [-0.15, -0.1) is 0 Å². The normalized spacial score (nSPS) is 17.6. The molecule has 0 atom stereocenters. The van der Waals surface area contributed by atoms with Crippen molar-refractivity contribution in [3.63, 3.8) is 0 Å². The summed E-state index contributed by atoms with van der Waals surface area (Å²) in [5.41, 5.74) is 0.251. The fraction of sp³-hybridized carbons (Fsp3) is 0.529. The molecule has 0 radical (unpaired) electrons. The molecule has 0 aromatic heterocycles. The van der Waals surface area contributed by atoms with Crippen molar-refractivity contribution in [2.24, 2.45) is 5.92 Å². The minimum absolute atomic E-state index is 0.0343. The molecule has 24 heavy (non-hydrogen) atoms. The Morgan fingerprint density at radius 1 is 1.08 bits per heavy atom. The van der Waals surface area contributed by atoms with E-state index in [2.05, 4.69) is 0 Å².